The second-order valence-electron chi connectivity index (χ2n) is 5.96. The maximum absolute atomic E-state index is 12.2. The number of carbonyl (C=O) groups excluding carboxylic acids is 1. The normalized spacial score (nSPS) is 22.1. The van der Waals surface area contributed by atoms with Crippen molar-refractivity contribution >= 4 is 12.0 Å². The molecule has 0 aliphatic carbocycles. The molecule has 1 aromatic rings. The summed E-state index contributed by atoms with van der Waals surface area (Å²) in [7, 11) is 1.83. The highest BCUT2D eigenvalue weighted by atomic mass is 16.4. The molecule has 2 heterocycles. The van der Waals surface area contributed by atoms with Crippen LogP contribution in [-0.4, -0.2) is 44.9 Å². The van der Waals surface area contributed by atoms with Gasteiger partial charge in [-0.15, -0.1) is 0 Å². The van der Waals surface area contributed by atoms with Gasteiger partial charge in [0.2, 0.25) is 0 Å². The predicted octanol–water partition coefficient (Wildman–Crippen LogP) is 1.12. The maximum atomic E-state index is 12.2. The van der Waals surface area contributed by atoms with Gasteiger partial charge in [-0.2, -0.15) is 5.10 Å². The molecule has 1 aliphatic heterocycles. The Bertz CT molecular complexity index is 554. The number of aryl methyl sites for hydroxylation is 2. The Balaban J connectivity index is 1.94. The monoisotopic (exact) mass is 294 g/mol. The van der Waals surface area contributed by atoms with Gasteiger partial charge in [-0.3, -0.25) is 9.48 Å². The van der Waals surface area contributed by atoms with Gasteiger partial charge in [0.05, 0.1) is 11.1 Å². The standard InChI is InChI=1S/C14H22N4O3/c1-10-11(8-17(3)16-10)7-15-13(21)18-6-4-5-14(2,9-18)12(19)20/h8H,4-7,9H2,1-3H3,(H,15,21)(H,19,20). The van der Waals surface area contributed by atoms with E-state index in [4.69, 9.17) is 0 Å². The molecule has 0 saturated carbocycles. The zero-order chi connectivity index (χ0) is 15.6. The summed E-state index contributed by atoms with van der Waals surface area (Å²) in [5.41, 5.74) is 0.996. The van der Waals surface area contributed by atoms with Crippen molar-refractivity contribution in [3.8, 4) is 0 Å². The zero-order valence-electron chi connectivity index (χ0n) is 12.7. The smallest absolute Gasteiger partial charge is 0.317 e. The third-order valence-corrected chi connectivity index (χ3v) is 4.05. The Morgan fingerprint density at radius 2 is 2.24 bits per heavy atom. The molecule has 1 aromatic heterocycles. The van der Waals surface area contributed by atoms with Gasteiger partial charge in [0.15, 0.2) is 0 Å². The Hall–Kier alpha value is -2.05. The molecule has 116 valence electrons. The van der Waals surface area contributed by atoms with Crippen molar-refractivity contribution in [2.75, 3.05) is 13.1 Å². The molecular formula is C14H22N4O3. The number of carboxylic acid groups (broad SMARTS) is 1. The number of likely N-dealkylation sites (tertiary alicyclic amines) is 1. The number of urea groups is 1. The highest BCUT2D eigenvalue weighted by Crippen LogP contribution is 2.29. The van der Waals surface area contributed by atoms with Crippen LogP contribution >= 0.6 is 0 Å². The number of piperidine rings is 1. The van der Waals surface area contributed by atoms with E-state index >= 15 is 0 Å². The molecule has 1 aliphatic rings. The van der Waals surface area contributed by atoms with E-state index in [9.17, 15) is 14.7 Å². The van der Waals surface area contributed by atoms with Crippen LogP contribution in [0.25, 0.3) is 0 Å². The molecule has 2 N–H and O–H groups in total. The van der Waals surface area contributed by atoms with E-state index in [2.05, 4.69) is 10.4 Å². The number of carboxylic acids is 1. The summed E-state index contributed by atoms with van der Waals surface area (Å²) in [6.45, 7) is 4.84. The second-order valence-corrected chi connectivity index (χ2v) is 5.96. The van der Waals surface area contributed by atoms with Crippen molar-refractivity contribution in [1.82, 2.24) is 20.0 Å². The number of carbonyl (C=O) groups is 2. The van der Waals surface area contributed by atoms with Crippen LogP contribution in [0.3, 0.4) is 0 Å². The molecular weight excluding hydrogens is 272 g/mol. The summed E-state index contributed by atoms with van der Waals surface area (Å²) in [6, 6.07) is -0.217. The van der Waals surface area contributed by atoms with Crippen LogP contribution in [0.2, 0.25) is 0 Å². The van der Waals surface area contributed by atoms with E-state index in [1.165, 1.54) is 0 Å². The molecule has 2 amide bonds. The van der Waals surface area contributed by atoms with Gasteiger partial charge in [0.1, 0.15) is 0 Å². The number of nitrogens with zero attached hydrogens (tertiary/aromatic N) is 3. The lowest BCUT2D eigenvalue weighted by molar-refractivity contribution is -0.150. The van der Waals surface area contributed by atoms with Crippen LogP contribution in [0.15, 0.2) is 6.20 Å². The Morgan fingerprint density at radius 1 is 1.52 bits per heavy atom. The van der Waals surface area contributed by atoms with Crippen LogP contribution in [0, 0.1) is 12.3 Å². The lowest BCUT2D eigenvalue weighted by Crippen LogP contribution is -2.51. The molecule has 7 heteroatoms. The van der Waals surface area contributed by atoms with Crippen molar-refractivity contribution in [1.29, 1.82) is 0 Å². The Labute approximate surface area is 123 Å². The third-order valence-electron chi connectivity index (χ3n) is 4.05. The van der Waals surface area contributed by atoms with Crippen molar-refractivity contribution in [3.63, 3.8) is 0 Å². The van der Waals surface area contributed by atoms with E-state index in [1.54, 1.807) is 16.5 Å². The first-order valence-corrected chi connectivity index (χ1v) is 7.07. The van der Waals surface area contributed by atoms with Gasteiger partial charge < -0.3 is 15.3 Å². The molecule has 0 spiro atoms. The average molecular weight is 294 g/mol. The molecule has 0 bridgehead atoms. The minimum Gasteiger partial charge on any atom is -0.481 e. The zero-order valence-corrected chi connectivity index (χ0v) is 12.7. The fraction of sp³-hybridized carbons (Fsp3) is 0.643. The molecule has 1 fully saturated rings. The van der Waals surface area contributed by atoms with Crippen LogP contribution in [-0.2, 0) is 18.4 Å². The molecule has 1 atom stereocenters. The minimum absolute atomic E-state index is 0.217. The predicted molar refractivity (Wildman–Crippen MR) is 76.7 cm³/mol. The highest BCUT2D eigenvalue weighted by Gasteiger charge is 2.39. The number of rotatable bonds is 3. The van der Waals surface area contributed by atoms with Crippen LogP contribution < -0.4 is 5.32 Å². The molecule has 2 rings (SSSR count). The summed E-state index contributed by atoms with van der Waals surface area (Å²) in [5.74, 6) is -0.844. The summed E-state index contributed by atoms with van der Waals surface area (Å²) < 4.78 is 1.71. The van der Waals surface area contributed by atoms with Gasteiger partial charge in [-0.1, -0.05) is 0 Å². The van der Waals surface area contributed by atoms with E-state index in [0.29, 0.717) is 25.9 Å². The number of hydrogen-bond donors (Lipinski definition) is 2. The molecule has 7 nitrogen and oxygen atoms in total. The first-order chi connectivity index (χ1) is 9.82. The van der Waals surface area contributed by atoms with Gasteiger partial charge in [-0.05, 0) is 26.7 Å². The summed E-state index contributed by atoms with van der Waals surface area (Å²) >= 11 is 0. The molecule has 0 aromatic carbocycles. The lowest BCUT2D eigenvalue weighted by atomic mass is 9.82. The summed E-state index contributed by atoms with van der Waals surface area (Å²) in [4.78, 5) is 25.1. The quantitative estimate of drug-likeness (QED) is 0.874. The summed E-state index contributed by atoms with van der Waals surface area (Å²) in [5, 5.41) is 16.3. The summed E-state index contributed by atoms with van der Waals surface area (Å²) in [6.07, 6.45) is 3.18. The van der Waals surface area contributed by atoms with Gasteiger partial charge in [0, 0.05) is 38.4 Å². The van der Waals surface area contributed by atoms with Gasteiger partial charge in [0.25, 0.3) is 0 Å². The number of hydrogen-bond acceptors (Lipinski definition) is 3. The fourth-order valence-corrected chi connectivity index (χ4v) is 2.69. The van der Waals surface area contributed by atoms with Crippen molar-refractivity contribution in [2.24, 2.45) is 12.5 Å². The van der Waals surface area contributed by atoms with Crippen molar-refractivity contribution in [2.45, 2.75) is 33.2 Å². The van der Waals surface area contributed by atoms with Crippen LogP contribution in [0.1, 0.15) is 31.0 Å². The van der Waals surface area contributed by atoms with E-state index in [0.717, 1.165) is 11.3 Å². The third kappa shape index (κ3) is 3.34. The largest absolute Gasteiger partial charge is 0.481 e. The molecule has 1 unspecified atom stereocenters. The number of aliphatic carboxylic acids is 1. The average Bonchev–Trinajstić information content (AvgIpc) is 2.74. The Kier molecular flexibility index (Phi) is 4.20. The van der Waals surface area contributed by atoms with E-state index in [1.807, 2.05) is 20.2 Å². The van der Waals surface area contributed by atoms with Gasteiger partial charge in [-0.25, -0.2) is 4.79 Å². The molecule has 0 radical (unpaired) electrons. The number of aromatic nitrogens is 2. The fourth-order valence-electron chi connectivity index (χ4n) is 2.69. The second kappa shape index (κ2) is 5.75. The maximum Gasteiger partial charge on any atom is 0.317 e. The first kappa shape index (κ1) is 15.3. The minimum atomic E-state index is -0.847. The van der Waals surface area contributed by atoms with E-state index < -0.39 is 11.4 Å². The van der Waals surface area contributed by atoms with Crippen LogP contribution in [0.4, 0.5) is 4.79 Å². The number of nitrogens with one attached hydrogen (secondary N) is 1. The SMILES string of the molecule is Cc1nn(C)cc1CNC(=O)N1CCCC(C)(C(=O)O)C1. The van der Waals surface area contributed by atoms with Crippen molar-refractivity contribution < 1.29 is 14.7 Å². The van der Waals surface area contributed by atoms with E-state index in [-0.39, 0.29) is 12.6 Å². The lowest BCUT2D eigenvalue weighted by Gasteiger charge is -2.37. The van der Waals surface area contributed by atoms with Gasteiger partial charge >= 0.3 is 12.0 Å². The molecule has 21 heavy (non-hydrogen) atoms. The van der Waals surface area contributed by atoms with Crippen LogP contribution in [0.5, 0.6) is 0 Å². The molecule has 1 saturated heterocycles. The highest BCUT2D eigenvalue weighted by molar-refractivity contribution is 5.78. The topological polar surface area (TPSA) is 87.5 Å². The van der Waals surface area contributed by atoms with Crippen molar-refractivity contribution in [3.05, 3.63) is 17.5 Å². The number of amides is 2. The Morgan fingerprint density at radius 3 is 2.81 bits per heavy atom. The first-order valence-electron chi connectivity index (χ1n) is 7.07.